The molecular formula is C13H18FNO2S. The Balaban J connectivity index is 2.35. The van der Waals surface area contributed by atoms with Crippen molar-refractivity contribution >= 4 is 17.7 Å². The largest absolute Gasteiger partial charge is 0.478 e. The molecule has 100 valence electrons. The summed E-state index contributed by atoms with van der Waals surface area (Å²) in [4.78, 5) is 10.6. The number of nitrogens with one attached hydrogen (secondary N) is 1. The fourth-order valence-electron chi connectivity index (χ4n) is 1.57. The molecule has 0 fully saturated rings. The number of halogens is 1. The third kappa shape index (κ3) is 5.06. The Kier molecular flexibility index (Phi) is 6.75. The number of thioether (sulfide) groups is 1. The molecular weight excluding hydrogens is 253 g/mol. The second-order valence-electron chi connectivity index (χ2n) is 4.00. The lowest BCUT2D eigenvalue weighted by Gasteiger charge is -2.06. The van der Waals surface area contributed by atoms with E-state index >= 15 is 0 Å². The van der Waals surface area contributed by atoms with Crippen LogP contribution >= 0.6 is 11.8 Å². The number of rotatable bonds is 8. The number of carboxylic acid groups (broad SMARTS) is 1. The van der Waals surface area contributed by atoms with Gasteiger partial charge in [-0.2, -0.15) is 11.8 Å². The number of aromatic carboxylic acids is 1. The van der Waals surface area contributed by atoms with Crippen LogP contribution in [0.3, 0.4) is 0 Å². The molecule has 0 aromatic heterocycles. The van der Waals surface area contributed by atoms with Gasteiger partial charge in [0.25, 0.3) is 0 Å². The SMILES string of the molecule is CSCCCCNCc1ccc(C(=O)O)c(F)c1. The van der Waals surface area contributed by atoms with Crippen LogP contribution in [-0.4, -0.2) is 29.6 Å². The minimum atomic E-state index is -1.23. The molecule has 0 saturated carbocycles. The van der Waals surface area contributed by atoms with E-state index in [1.807, 2.05) is 11.8 Å². The van der Waals surface area contributed by atoms with Crippen molar-refractivity contribution in [3.05, 3.63) is 35.1 Å². The summed E-state index contributed by atoms with van der Waals surface area (Å²) in [6.45, 7) is 1.46. The summed E-state index contributed by atoms with van der Waals surface area (Å²) in [5.74, 6) is -0.753. The highest BCUT2D eigenvalue weighted by atomic mass is 32.2. The molecule has 0 amide bonds. The first-order valence-corrected chi connectivity index (χ1v) is 7.26. The van der Waals surface area contributed by atoms with Gasteiger partial charge in [-0.15, -0.1) is 0 Å². The number of carbonyl (C=O) groups is 1. The van der Waals surface area contributed by atoms with Crippen LogP contribution in [0.5, 0.6) is 0 Å². The van der Waals surface area contributed by atoms with Crippen LogP contribution in [0.1, 0.15) is 28.8 Å². The standard InChI is InChI=1S/C13H18FNO2S/c1-18-7-3-2-6-15-9-10-4-5-11(13(16)17)12(14)8-10/h4-5,8,15H,2-3,6-7,9H2,1H3,(H,16,17). The molecule has 0 spiro atoms. The van der Waals surface area contributed by atoms with Crippen molar-refractivity contribution in [2.75, 3.05) is 18.6 Å². The number of carboxylic acids is 1. The van der Waals surface area contributed by atoms with Crippen LogP contribution in [0, 0.1) is 5.82 Å². The molecule has 18 heavy (non-hydrogen) atoms. The molecule has 0 aliphatic carbocycles. The summed E-state index contributed by atoms with van der Waals surface area (Å²) >= 11 is 1.83. The minimum absolute atomic E-state index is 0.279. The van der Waals surface area contributed by atoms with Gasteiger partial charge in [0.1, 0.15) is 5.82 Å². The third-order valence-electron chi connectivity index (χ3n) is 2.55. The van der Waals surface area contributed by atoms with Gasteiger partial charge in [-0.25, -0.2) is 9.18 Å². The first kappa shape index (κ1) is 15.0. The molecule has 0 bridgehead atoms. The molecule has 0 atom stereocenters. The maximum Gasteiger partial charge on any atom is 0.338 e. The zero-order valence-corrected chi connectivity index (χ0v) is 11.2. The molecule has 0 aliphatic heterocycles. The van der Waals surface area contributed by atoms with Crippen molar-refractivity contribution in [1.82, 2.24) is 5.32 Å². The molecule has 0 heterocycles. The molecule has 0 unspecified atom stereocenters. The zero-order chi connectivity index (χ0) is 13.4. The molecule has 2 N–H and O–H groups in total. The molecule has 1 aromatic rings. The molecule has 3 nitrogen and oxygen atoms in total. The zero-order valence-electron chi connectivity index (χ0n) is 10.4. The van der Waals surface area contributed by atoms with Crippen molar-refractivity contribution in [3.63, 3.8) is 0 Å². The first-order chi connectivity index (χ1) is 8.65. The van der Waals surface area contributed by atoms with E-state index < -0.39 is 11.8 Å². The van der Waals surface area contributed by atoms with E-state index in [9.17, 15) is 9.18 Å². The Hall–Kier alpha value is -1.07. The maximum atomic E-state index is 13.4. The average Bonchev–Trinajstić information content (AvgIpc) is 2.33. The summed E-state index contributed by atoms with van der Waals surface area (Å²) in [6, 6.07) is 4.22. The molecule has 5 heteroatoms. The van der Waals surface area contributed by atoms with Crippen LogP contribution in [0.25, 0.3) is 0 Å². The summed E-state index contributed by atoms with van der Waals surface area (Å²) in [7, 11) is 0. The van der Waals surface area contributed by atoms with Crippen LogP contribution in [0.15, 0.2) is 18.2 Å². The number of hydrogen-bond donors (Lipinski definition) is 2. The lowest BCUT2D eigenvalue weighted by molar-refractivity contribution is 0.0692. The van der Waals surface area contributed by atoms with E-state index in [1.54, 1.807) is 6.07 Å². The van der Waals surface area contributed by atoms with Gasteiger partial charge in [-0.3, -0.25) is 0 Å². The maximum absolute atomic E-state index is 13.4. The smallest absolute Gasteiger partial charge is 0.338 e. The fourth-order valence-corrected chi connectivity index (χ4v) is 2.06. The van der Waals surface area contributed by atoms with E-state index in [-0.39, 0.29) is 5.56 Å². The van der Waals surface area contributed by atoms with Crippen molar-refractivity contribution in [2.24, 2.45) is 0 Å². The van der Waals surface area contributed by atoms with E-state index in [4.69, 9.17) is 5.11 Å². The van der Waals surface area contributed by atoms with Gasteiger partial charge in [0.05, 0.1) is 5.56 Å². The lowest BCUT2D eigenvalue weighted by atomic mass is 10.1. The fraction of sp³-hybridized carbons (Fsp3) is 0.462. The van der Waals surface area contributed by atoms with E-state index in [0.29, 0.717) is 6.54 Å². The van der Waals surface area contributed by atoms with Crippen LogP contribution in [-0.2, 0) is 6.54 Å². The Bertz CT molecular complexity index is 399. The van der Waals surface area contributed by atoms with Crippen molar-refractivity contribution in [3.8, 4) is 0 Å². The van der Waals surface area contributed by atoms with E-state index in [2.05, 4.69) is 11.6 Å². The van der Waals surface area contributed by atoms with Crippen molar-refractivity contribution < 1.29 is 14.3 Å². The molecule has 0 aliphatic rings. The molecule has 0 radical (unpaired) electrons. The van der Waals surface area contributed by atoms with Crippen LogP contribution in [0.2, 0.25) is 0 Å². The number of unbranched alkanes of at least 4 members (excludes halogenated alkanes) is 1. The van der Waals surface area contributed by atoms with Crippen LogP contribution in [0.4, 0.5) is 4.39 Å². The molecule has 0 saturated heterocycles. The van der Waals surface area contributed by atoms with Gasteiger partial charge in [0.15, 0.2) is 0 Å². The quantitative estimate of drug-likeness (QED) is 0.714. The van der Waals surface area contributed by atoms with Gasteiger partial charge in [0.2, 0.25) is 0 Å². The summed E-state index contributed by atoms with van der Waals surface area (Å²) in [5, 5.41) is 11.9. The highest BCUT2D eigenvalue weighted by Gasteiger charge is 2.09. The van der Waals surface area contributed by atoms with Crippen molar-refractivity contribution in [2.45, 2.75) is 19.4 Å². The molecule has 1 rings (SSSR count). The Morgan fingerprint density at radius 2 is 2.22 bits per heavy atom. The number of benzene rings is 1. The van der Waals surface area contributed by atoms with Gasteiger partial charge < -0.3 is 10.4 Å². The number of hydrogen-bond acceptors (Lipinski definition) is 3. The highest BCUT2D eigenvalue weighted by Crippen LogP contribution is 2.10. The average molecular weight is 271 g/mol. The van der Waals surface area contributed by atoms with Crippen LogP contribution < -0.4 is 5.32 Å². The summed E-state index contributed by atoms with van der Waals surface area (Å²) in [6.07, 6.45) is 4.34. The predicted molar refractivity (Wildman–Crippen MR) is 72.7 cm³/mol. The Morgan fingerprint density at radius 3 is 2.83 bits per heavy atom. The second kappa shape index (κ2) is 8.11. The second-order valence-corrected chi connectivity index (χ2v) is 4.98. The Labute approximate surface area is 111 Å². The summed E-state index contributed by atoms with van der Waals surface area (Å²) in [5.41, 5.74) is 0.487. The Morgan fingerprint density at radius 1 is 1.44 bits per heavy atom. The van der Waals surface area contributed by atoms with Gasteiger partial charge in [0, 0.05) is 6.54 Å². The summed E-state index contributed by atoms with van der Waals surface area (Å²) < 4.78 is 13.4. The van der Waals surface area contributed by atoms with Gasteiger partial charge >= 0.3 is 5.97 Å². The first-order valence-electron chi connectivity index (χ1n) is 5.86. The minimum Gasteiger partial charge on any atom is -0.478 e. The van der Waals surface area contributed by atoms with E-state index in [0.717, 1.165) is 24.3 Å². The third-order valence-corrected chi connectivity index (χ3v) is 3.24. The lowest BCUT2D eigenvalue weighted by Crippen LogP contribution is -2.15. The van der Waals surface area contributed by atoms with Gasteiger partial charge in [-0.1, -0.05) is 6.07 Å². The highest BCUT2D eigenvalue weighted by molar-refractivity contribution is 7.98. The van der Waals surface area contributed by atoms with Crippen molar-refractivity contribution in [1.29, 1.82) is 0 Å². The van der Waals surface area contributed by atoms with E-state index in [1.165, 1.54) is 18.6 Å². The normalized spacial score (nSPS) is 10.6. The molecule has 1 aromatic carbocycles. The van der Waals surface area contributed by atoms with Gasteiger partial charge in [-0.05, 0) is 49.1 Å². The predicted octanol–water partition coefficient (Wildman–Crippen LogP) is 2.76. The monoisotopic (exact) mass is 271 g/mol. The topological polar surface area (TPSA) is 49.3 Å².